The molecule has 2 heterocycles. The molecule has 0 spiro atoms. The lowest BCUT2D eigenvalue weighted by Gasteiger charge is -2.31. The van der Waals surface area contributed by atoms with Gasteiger partial charge in [0.25, 0.3) is 0 Å². The van der Waals surface area contributed by atoms with Crippen LogP contribution >= 0.6 is 11.6 Å². The molecule has 1 saturated heterocycles. The Balaban J connectivity index is 1.49. The molecule has 126 valence electrons. The lowest BCUT2D eigenvalue weighted by atomic mass is 10.1. The number of urea groups is 1. The average Bonchev–Trinajstić information content (AvgIpc) is 2.57. The van der Waals surface area contributed by atoms with E-state index in [2.05, 4.69) is 15.5 Å². The summed E-state index contributed by atoms with van der Waals surface area (Å²) in [6, 6.07) is 10.7. The summed E-state index contributed by atoms with van der Waals surface area (Å²) < 4.78 is 5.82. The lowest BCUT2D eigenvalue weighted by Crippen LogP contribution is -2.43. The first-order chi connectivity index (χ1) is 11.6. The van der Waals surface area contributed by atoms with Gasteiger partial charge in [0.2, 0.25) is 5.88 Å². The van der Waals surface area contributed by atoms with Gasteiger partial charge >= 0.3 is 6.03 Å². The summed E-state index contributed by atoms with van der Waals surface area (Å²) in [7, 11) is 0. The van der Waals surface area contributed by atoms with Crippen LogP contribution in [0.2, 0.25) is 5.02 Å². The number of carbonyl (C=O) groups is 1. The Morgan fingerprint density at radius 2 is 2.04 bits per heavy atom. The zero-order chi connectivity index (χ0) is 16.9. The van der Waals surface area contributed by atoms with Gasteiger partial charge in [-0.15, -0.1) is 5.10 Å². The molecule has 1 N–H and O–H groups in total. The second-order valence-corrected chi connectivity index (χ2v) is 6.19. The number of aromatic nitrogens is 2. The molecule has 1 fully saturated rings. The van der Waals surface area contributed by atoms with E-state index in [0.29, 0.717) is 29.7 Å². The van der Waals surface area contributed by atoms with Crippen LogP contribution in [0.1, 0.15) is 18.5 Å². The molecule has 1 aromatic heterocycles. The van der Waals surface area contributed by atoms with Crippen molar-refractivity contribution >= 4 is 23.3 Å². The predicted molar refractivity (Wildman–Crippen MR) is 92.5 cm³/mol. The van der Waals surface area contributed by atoms with E-state index in [1.807, 2.05) is 25.1 Å². The largest absolute Gasteiger partial charge is 0.473 e. The standard InChI is InChI=1S/C17H19ClN4O2/c1-12-5-6-16(21-20-12)24-15-7-9-22(10-8-15)17(23)19-14-4-2-3-13(18)11-14/h2-6,11,15H,7-10H2,1H3,(H,19,23). The number of nitrogens with one attached hydrogen (secondary N) is 1. The first-order valence-electron chi connectivity index (χ1n) is 7.88. The lowest BCUT2D eigenvalue weighted by molar-refractivity contribution is 0.110. The number of hydrogen-bond donors (Lipinski definition) is 1. The van der Waals surface area contributed by atoms with Crippen molar-refractivity contribution in [3.05, 3.63) is 47.1 Å². The molecule has 1 aliphatic heterocycles. The van der Waals surface area contributed by atoms with Crippen molar-refractivity contribution in [3.63, 3.8) is 0 Å². The fourth-order valence-corrected chi connectivity index (χ4v) is 2.76. The van der Waals surface area contributed by atoms with E-state index in [0.717, 1.165) is 18.5 Å². The molecule has 0 aliphatic carbocycles. The highest BCUT2D eigenvalue weighted by Crippen LogP contribution is 2.19. The van der Waals surface area contributed by atoms with Crippen molar-refractivity contribution in [2.45, 2.75) is 25.9 Å². The molecule has 1 aromatic carbocycles. The average molecular weight is 347 g/mol. The van der Waals surface area contributed by atoms with Crippen LogP contribution in [0.15, 0.2) is 36.4 Å². The van der Waals surface area contributed by atoms with Gasteiger partial charge in [-0.25, -0.2) is 4.79 Å². The predicted octanol–water partition coefficient (Wildman–Crippen LogP) is 3.51. The Labute approximate surface area is 145 Å². The van der Waals surface area contributed by atoms with Crippen molar-refractivity contribution in [2.75, 3.05) is 18.4 Å². The van der Waals surface area contributed by atoms with Crippen molar-refractivity contribution in [3.8, 4) is 5.88 Å². The minimum absolute atomic E-state index is 0.0530. The second-order valence-electron chi connectivity index (χ2n) is 5.76. The molecular formula is C17H19ClN4O2. The fourth-order valence-electron chi connectivity index (χ4n) is 2.57. The third-order valence-electron chi connectivity index (χ3n) is 3.87. The number of likely N-dealkylation sites (tertiary alicyclic amines) is 1. The number of amides is 2. The maximum atomic E-state index is 12.3. The van der Waals surface area contributed by atoms with Gasteiger partial charge in [-0.1, -0.05) is 17.7 Å². The molecule has 1 aliphatic rings. The van der Waals surface area contributed by atoms with Crippen molar-refractivity contribution in [1.29, 1.82) is 0 Å². The van der Waals surface area contributed by atoms with Crippen molar-refractivity contribution < 1.29 is 9.53 Å². The molecule has 2 aromatic rings. The molecule has 3 rings (SSSR count). The third-order valence-corrected chi connectivity index (χ3v) is 4.10. The van der Waals surface area contributed by atoms with Gasteiger partial charge in [0.05, 0.1) is 5.69 Å². The molecule has 0 unspecified atom stereocenters. The number of rotatable bonds is 3. The summed E-state index contributed by atoms with van der Waals surface area (Å²) in [5, 5.41) is 11.5. The molecule has 7 heteroatoms. The first kappa shape index (κ1) is 16.5. The van der Waals surface area contributed by atoms with Crippen LogP contribution in [0, 0.1) is 6.92 Å². The molecule has 24 heavy (non-hydrogen) atoms. The molecule has 0 bridgehead atoms. The van der Waals surface area contributed by atoms with E-state index in [1.165, 1.54) is 0 Å². The van der Waals surface area contributed by atoms with Gasteiger partial charge in [-0.3, -0.25) is 0 Å². The van der Waals surface area contributed by atoms with Crippen LogP contribution in [0.25, 0.3) is 0 Å². The zero-order valence-electron chi connectivity index (χ0n) is 13.4. The summed E-state index contributed by atoms with van der Waals surface area (Å²) in [4.78, 5) is 14.1. The quantitative estimate of drug-likeness (QED) is 0.923. The number of nitrogens with zero attached hydrogens (tertiary/aromatic N) is 3. The molecule has 0 atom stereocenters. The summed E-state index contributed by atoms with van der Waals surface area (Å²) >= 11 is 5.93. The summed E-state index contributed by atoms with van der Waals surface area (Å²) in [5.41, 5.74) is 1.55. The zero-order valence-corrected chi connectivity index (χ0v) is 14.2. The van der Waals surface area contributed by atoms with Gasteiger partial charge in [0, 0.05) is 42.7 Å². The second kappa shape index (κ2) is 7.49. The van der Waals surface area contributed by atoms with Gasteiger partial charge in [-0.05, 0) is 31.2 Å². The van der Waals surface area contributed by atoms with E-state index in [-0.39, 0.29) is 12.1 Å². The topological polar surface area (TPSA) is 67.3 Å². The highest BCUT2D eigenvalue weighted by molar-refractivity contribution is 6.30. The van der Waals surface area contributed by atoms with E-state index in [4.69, 9.17) is 16.3 Å². The Morgan fingerprint density at radius 1 is 1.25 bits per heavy atom. The Morgan fingerprint density at radius 3 is 2.71 bits per heavy atom. The minimum Gasteiger partial charge on any atom is -0.473 e. The molecule has 0 radical (unpaired) electrons. The smallest absolute Gasteiger partial charge is 0.321 e. The highest BCUT2D eigenvalue weighted by atomic mass is 35.5. The fraction of sp³-hybridized carbons (Fsp3) is 0.353. The number of ether oxygens (including phenoxy) is 1. The van der Waals surface area contributed by atoms with Crippen LogP contribution in [0.3, 0.4) is 0 Å². The SMILES string of the molecule is Cc1ccc(OC2CCN(C(=O)Nc3cccc(Cl)c3)CC2)nn1. The number of hydrogen-bond acceptors (Lipinski definition) is 4. The summed E-state index contributed by atoms with van der Waals surface area (Å²) in [6.45, 7) is 3.15. The summed E-state index contributed by atoms with van der Waals surface area (Å²) in [5.74, 6) is 0.530. The Hall–Kier alpha value is -2.34. The van der Waals surface area contributed by atoms with Crippen LogP contribution in [0.4, 0.5) is 10.5 Å². The van der Waals surface area contributed by atoms with Gasteiger partial charge in [0.15, 0.2) is 0 Å². The third kappa shape index (κ3) is 4.35. The normalized spacial score (nSPS) is 15.2. The molecular weight excluding hydrogens is 328 g/mol. The number of carbonyl (C=O) groups excluding carboxylic acids is 1. The van der Waals surface area contributed by atoms with E-state index in [9.17, 15) is 4.79 Å². The monoisotopic (exact) mass is 346 g/mol. The van der Waals surface area contributed by atoms with E-state index < -0.39 is 0 Å². The van der Waals surface area contributed by atoms with Crippen LogP contribution < -0.4 is 10.1 Å². The highest BCUT2D eigenvalue weighted by Gasteiger charge is 2.24. The number of benzene rings is 1. The number of halogens is 1. The van der Waals surface area contributed by atoms with Crippen LogP contribution in [-0.4, -0.2) is 40.3 Å². The number of piperidine rings is 1. The van der Waals surface area contributed by atoms with Gasteiger partial charge in [-0.2, -0.15) is 5.10 Å². The van der Waals surface area contributed by atoms with E-state index in [1.54, 1.807) is 23.1 Å². The van der Waals surface area contributed by atoms with Gasteiger partial charge < -0.3 is 15.0 Å². The maximum absolute atomic E-state index is 12.3. The number of anilines is 1. The van der Waals surface area contributed by atoms with Crippen molar-refractivity contribution in [2.24, 2.45) is 0 Å². The van der Waals surface area contributed by atoms with Crippen molar-refractivity contribution in [1.82, 2.24) is 15.1 Å². The molecule has 2 amide bonds. The summed E-state index contributed by atoms with van der Waals surface area (Å²) in [6.07, 6.45) is 1.58. The Kier molecular flexibility index (Phi) is 5.15. The molecule has 0 saturated carbocycles. The number of aryl methyl sites for hydroxylation is 1. The first-order valence-corrected chi connectivity index (χ1v) is 8.26. The van der Waals surface area contributed by atoms with Crippen LogP contribution in [-0.2, 0) is 0 Å². The molecule has 6 nitrogen and oxygen atoms in total. The van der Waals surface area contributed by atoms with Crippen LogP contribution in [0.5, 0.6) is 5.88 Å². The minimum atomic E-state index is -0.120. The maximum Gasteiger partial charge on any atom is 0.321 e. The Bertz CT molecular complexity index is 700. The van der Waals surface area contributed by atoms with E-state index >= 15 is 0 Å². The van der Waals surface area contributed by atoms with Gasteiger partial charge in [0.1, 0.15) is 6.10 Å².